The van der Waals surface area contributed by atoms with Gasteiger partial charge in [0.05, 0.1) is 11.5 Å². The molecule has 1 saturated carbocycles. The average Bonchev–Trinajstić information content (AvgIpc) is 3.16. The maximum Gasteiger partial charge on any atom is 0.407 e. The summed E-state index contributed by atoms with van der Waals surface area (Å²) >= 11 is 0. The van der Waals surface area contributed by atoms with Crippen LogP contribution in [0.25, 0.3) is 11.1 Å². The molecule has 2 amide bonds. The predicted octanol–water partition coefficient (Wildman–Crippen LogP) is 4.07. The van der Waals surface area contributed by atoms with Gasteiger partial charge in [-0.05, 0) is 42.0 Å². The van der Waals surface area contributed by atoms with E-state index in [2.05, 4.69) is 28.7 Å². The number of carbonyl (C=O) groups excluding carboxylic acids is 2. The van der Waals surface area contributed by atoms with Gasteiger partial charge in [-0.1, -0.05) is 61.4 Å². The van der Waals surface area contributed by atoms with Gasteiger partial charge < -0.3 is 20.5 Å². The van der Waals surface area contributed by atoms with Crippen LogP contribution in [-0.2, 0) is 14.3 Å². The fourth-order valence-electron chi connectivity index (χ4n) is 5.36. The van der Waals surface area contributed by atoms with Gasteiger partial charge in [0.25, 0.3) is 0 Å². The van der Waals surface area contributed by atoms with E-state index in [1.54, 1.807) is 6.92 Å². The lowest BCUT2D eigenvalue weighted by molar-refractivity contribution is -0.146. The van der Waals surface area contributed by atoms with E-state index in [0.29, 0.717) is 12.8 Å². The number of nitrogens with one attached hydrogen (secondary N) is 2. The highest BCUT2D eigenvalue weighted by Crippen LogP contribution is 2.44. The molecule has 7 heteroatoms. The molecule has 3 unspecified atom stereocenters. The van der Waals surface area contributed by atoms with Gasteiger partial charge in [0.15, 0.2) is 0 Å². The van der Waals surface area contributed by atoms with Crippen LogP contribution in [0.2, 0.25) is 0 Å². The SMILES string of the molecule is C#CCC(NC(=O)OCC1c2ccccc2-c2ccccc21)C(=O)NC1(C)CCCCC1C(=O)O. The van der Waals surface area contributed by atoms with Crippen LogP contribution in [0.4, 0.5) is 4.79 Å². The first-order chi connectivity index (χ1) is 16.8. The molecule has 182 valence electrons. The average molecular weight is 475 g/mol. The summed E-state index contributed by atoms with van der Waals surface area (Å²) in [5.41, 5.74) is 3.51. The van der Waals surface area contributed by atoms with Crippen molar-refractivity contribution in [2.45, 2.75) is 56.5 Å². The van der Waals surface area contributed by atoms with E-state index in [-0.39, 0.29) is 18.9 Å². The van der Waals surface area contributed by atoms with Crippen molar-refractivity contribution in [2.75, 3.05) is 6.61 Å². The van der Waals surface area contributed by atoms with Gasteiger partial charge in [0.1, 0.15) is 12.6 Å². The molecule has 2 aromatic carbocycles. The van der Waals surface area contributed by atoms with Gasteiger partial charge in [0, 0.05) is 12.3 Å². The number of ether oxygens (including phenoxy) is 1. The van der Waals surface area contributed by atoms with Crippen molar-refractivity contribution in [2.24, 2.45) is 5.92 Å². The zero-order valence-corrected chi connectivity index (χ0v) is 19.8. The molecule has 35 heavy (non-hydrogen) atoms. The van der Waals surface area contributed by atoms with Gasteiger partial charge in [-0.3, -0.25) is 9.59 Å². The number of alkyl carbamates (subject to hydrolysis) is 1. The molecular weight excluding hydrogens is 444 g/mol. The number of rotatable bonds is 7. The second kappa shape index (κ2) is 10.2. The summed E-state index contributed by atoms with van der Waals surface area (Å²) in [4.78, 5) is 37.4. The van der Waals surface area contributed by atoms with E-state index in [0.717, 1.165) is 35.1 Å². The number of amides is 2. The number of hydrogen-bond donors (Lipinski definition) is 3. The smallest absolute Gasteiger partial charge is 0.407 e. The van der Waals surface area contributed by atoms with Gasteiger partial charge >= 0.3 is 12.1 Å². The molecule has 3 atom stereocenters. The van der Waals surface area contributed by atoms with Gasteiger partial charge in [-0.2, -0.15) is 0 Å². The number of carboxylic acid groups (broad SMARTS) is 1. The Bertz CT molecular complexity index is 1120. The Labute approximate surface area is 205 Å². The summed E-state index contributed by atoms with van der Waals surface area (Å²) in [6.45, 7) is 1.85. The lowest BCUT2D eigenvalue weighted by atomic mass is 9.73. The van der Waals surface area contributed by atoms with Gasteiger partial charge in [-0.15, -0.1) is 12.3 Å². The van der Waals surface area contributed by atoms with Crippen molar-refractivity contribution in [3.8, 4) is 23.5 Å². The van der Waals surface area contributed by atoms with Gasteiger partial charge in [-0.25, -0.2) is 4.79 Å². The molecule has 0 aliphatic heterocycles. The molecule has 2 aliphatic rings. The van der Waals surface area contributed by atoms with Crippen molar-refractivity contribution >= 4 is 18.0 Å². The zero-order chi connectivity index (χ0) is 25.0. The number of carbonyl (C=O) groups is 3. The minimum absolute atomic E-state index is 0.0379. The van der Waals surface area contributed by atoms with E-state index in [4.69, 9.17) is 11.2 Å². The van der Waals surface area contributed by atoms with Crippen molar-refractivity contribution < 1.29 is 24.2 Å². The molecule has 0 saturated heterocycles. The van der Waals surface area contributed by atoms with Crippen molar-refractivity contribution in [1.29, 1.82) is 0 Å². The Morgan fingerprint density at radius 1 is 1.11 bits per heavy atom. The van der Waals surface area contributed by atoms with E-state index in [9.17, 15) is 19.5 Å². The van der Waals surface area contributed by atoms with E-state index >= 15 is 0 Å². The molecule has 2 aliphatic carbocycles. The van der Waals surface area contributed by atoms with Crippen LogP contribution in [-0.4, -0.2) is 41.3 Å². The molecule has 0 bridgehead atoms. The molecule has 7 nitrogen and oxygen atoms in total. The highest BCUT2D eigenvalue weighted by atomic mass is 16.5. The number of aliphatic carboxylic acids is 1. The largest absolute Gasteiger partial charge is 0.481 e. The molecule has 3 N–H and O–H groups in total. The number of carboxylic acids is 1. The number of benzene rings is 2. The van der Waals surface area contributed by atoms with Crippen LogP contribution in [0.3, 0.4) is 0 Å². The minimum atomic E-state index is -1.02. The highest BCUT2D eigenvalue weighted by molar-refractivity contribution is 5.87. The van der Waals surface area contributed by atoms with Crippen LogP contribution < -0.4 is 10.6 Å². The quantitative estimate of drug-likeness (QED) is 0.525. The molecule has 2 aromatic rings. The first kappa shape index (κ1) is 24.3. The third-order valence-electron chi connectivity index (χ3n) is 7.19. The number of fused-ring (bicyclic) bond motifs is 3. The molecule has 0 heterocycles. The summed E-state index contributed by atoms with van der Waals surface area (Å²) in [7, 11) is 0. The number of terminal acetylenes is 1. The maximum atomic E-state index is 13.0. The lowest BCUT2D eigenvalue weighted by Gasteiger charge is -2.40. The minimum Gasteiger partial charge on any atom is -0.481 e. The second-order valence-electron chi connectivity index (χ2n) is 9.47. The van der Waals surface area contributed by atoms with Crippen LogP contribution >= 0.6 is 0 Å². The Morgan fingerprint density at radius 2 is 1.74 bits per heavy atom. The topological polar surface area (TPSA) is 105 Å². The zero-order valence-electron chi connectivity index (χ0n) is 19.8. The number of hydrogen-bond acceptors (Lipinski definition) is 4. The highest BCUT2D eigenvalue weighted by Gasteiger charge is 2.43. The van der Waals surface area contributed by atoms with Crippen LogP contribution in [0.1, 0.15) is 56.1 Å². The Hall–Kier alpha value is -3.79. The summed E-state index contributed by atoms with van der Waals surface area (Å²) in [6.07, 6.45) is 7.32. The Morgan fingerprint density at radius 3 is 2.34 bits per heavy atom. The maximum absolute atomic E-state index is 13.0. The Kier molecular flexibility index (Phi) is 7.11. The van der Waals surface area contributed by atoms with E-state index in [1.807, 2.05) is 36.4 Å². The van der Waals surface area contributed by atoms with Crippen LogP contribution in [0.15, 0.2) is 48.5 Å². The molecule has 0 aromatic heterocycles. The molecular formula is C28H30N2O5. The monoisotopic (exact) mass is 474 g/mol. The first-order valence-corrected chi connectivity index (χ1v) is 11.9. The second-order valence-corrected chi connectivity index (χ2v) is 9.47. The standard InChI is InChI=1S/C28H30N2O5/c1-3-10-24(25(31)30-28(2)16-9-8-15-23(28)26(32)33)29-27(34)35-17-22-20-13-6-4-11-18(20)19-12-5-7-14-21(19)22/h1,4-7,11-14,22-24H,8-10,15-17H2,2H3,(H,29,34)(H,30,31)(H,32,33). The molecule has 4 rings (SSSR count). The lowest BCUT2D eigenvalue weighted by Crippen LogP contribution is -2.59. The van der Waals surface area contributed by atoms with E-state index < -0.39 is 35.5 Å². The first-order valence-electron chi connectivity index (χ1n) is 11.9. The predicted molar refractivity (Wildman–Crippen MR) is 132 cm³/mol. The van der Waals surface area contributed by atoms with E-state index in [1.165, 1.54) is 0 Å². The fraction of sp³-hybridized carbons (Fsp3) is 0.393. The molecule has 0 spiro atoms. The Balaban J connectivity index is 1.41. The molecule has 0 radical (unpaired) electrons. The van der Waals surface area contributed by atoms with Crippen LogP contribution in [0, 0.1) is 18.3 Å². The van der Waals surface area contributed by atoms with Crippen molar-refractivity contribution in [1.82, 2.24) is 10.6 Å². The summed E-state index contributed by atoms with van der Waals surface area (Å²) < 4.78 is 5.55. The summed E-state index contributed by atoms with van der Waals surface area (Å²) in [5.74, 6) is 0.168. The normalized spacial score (nSPS) is 21.7. The van der Waals surface area contributed by atoms with Crippen molar-refractivity contribution in [3.05, 3.63) is 59.7 Å². The third-order valence-corrected chi connectivity index (χ3v) is 7.19. The van der Waals surface area contributed by atoms with Gasteiger partial charge in [0.2, 0.25) is 5.91 Å². The molecule has 1 fully saturated rings. The summed E-state index contributed by atoms with van der Waals surface area (Å²) in [6, 6.07) is 15.0. The summed E-state index contributed by atoms with van der Waals surface area (Å²) in [5, 5.41) is 15.0. The van der Waals surface area contributed by atoms with Crippen LogP contribution in [0.5, 0.6) is 0 Å². The van der Waals surface area contributed by atoms with Crippen molar-refractivity contribution in [3.63, 3.8) is 0 Å². The third kappa shape index (κ3) is 5.02. The fourth-order valence-corrected chi connectivity index (χ4v) is 5.36.